The third-order valence-corrected chi connectivity index (χ3v) is 4.46. The predicted octanol–water partition coefficient (Wildman–Crippen LogP) is 3.95. The van der Waals surface area contributed by atoms with Crippen LogP contribution in [0.25, 0.3) is 0 Å². The molecule has 114 valence electrons. The van der Waals surface area contributed by atoms with Crippen LogP contribution in [0.4, 0.5) is 4.39 Å². The molecule has 0 aliphatic rings. The summed E-state index contributed by atoms with van der Waals surface area (Å²) in [7, 11) is 0. The minimum absolute atomic E-state index is 0.240. The van der Waals surface area contributed by atoms with Gasteiger partial charge in [-0.25, -0.2) is 4.39 Å². The lowest BCUT2D eigenvalue weighted by atomic mass is 10.2. The molecule has 5 heteroatoms. The van der Waals surface area contributed by atoms with Gasteiger partial charge in [0.2, 0.25) is 0 Å². The summed E-state index contributed by atoms with van der Waals surface area (Å²) in [5, 5.41) is 8.01. The molecule has 0 fully saturated rings. The average molecular weight is 354 g/mol. The minimum Gasteiger partial charge on any atom is -0.310 e. The highest BCUT2D eigenvalue weighted by atomic mass is 79.9. The lowest BCUT2D eigenvalue weighted by Crippen LogP contribution is -2.22. The van der Waals surface area contributed by atoms with E-state index in [0.29, 0.717) is 17.1 Å². The second-order valence-electron chi connectivity index (χ2n) is 5.56. The first-order chi connectivity index (χ1) is 9.90. The Morgan fingerprint density at radius 1 is 1.33 bits per heavy atom. The molecule has 0 unspecified atom stereocenters. The number of hydrogen-bond acceptors (Lipinski definition) is 2. The van der Waals surface area contributed by atoms with Gasteiger partial charge in [-0.1, -0.05) is 26.0 Å². The third kappa shape index (κ3) is 3.71. The highest BCUT2D eigenvalue weighted by Gasteiger charge is 2.13. The topological polar surface area (TPSA) is 29.9 Å². The SMILES string of the molecule is Cc1nn(Cc2cccc(F)c2Br)c(C)c1CNC(C)C. The summed E-state index contributed by atoms with van der Waals surface area (Å²) in [4.78, 5) is 0. The molecule has 2 rings (SSSR count). The molecule has 0 bridgehead atoms. The fraction of sp³-hybridized carbons (Fsp3) is 0.438. The third-order valence-electron chi connectivity index (χ3n) is 3.57. The Kier molecular flexibility index (Phi) is 5.17. The van der Waals surface area contributed by atoms with Gasteiger partial charge in [0.15, 0.2) is 0 Å². The fourth-order valence-electron chi connectivity index (χ4n) is 2.28. The number of rotatable bonds is 5. The Labute approximate surface area is 133 Å². The maximum absolute atomic E-state index is 13.6. The fourth-order valence-corrected chi connectivity index (χ4v) is 2.67. The van der Waals surface area contributed by atoms with E-state index in [1.807, 2.05) is 17.7 Å². The van der Waals surface area contributed by atoms with E-state index in [0.717, 1.165) is 23.5 Å². The van der Waals surface area contributed by atoms with Crippen molar-refractivity contribution in [2.75, 3.05) is 0 Å². The monoisotopic (exact) mass is 353 g/mol. The molecular weight excluding hydrogens is 333 g/mol. The van der Waals surface area contributed by atoms with Crippen molar-refractivity contribution >= 4 is 15.9 Å². The van der Waals surface area contributed by atoms with Gasteiger partial charge in [-0.2, -0.15) is 5.10 Å². The van der Waals surface area contributed by atoms with Gasteiger partial charge in [-0.15, -0.1) is 0 Å². The Hall–Kier alpha value is -1.20. The molecule has 0 spiro atoms. The number of aromatic nitrogens is 2. The van der Waals surface area contributed by atoms with Crippen LogP contribution < -0.4 is 5.32 Å². The van der Waals surface area contributed by atoms with Gasteiger partial charge < -0.3 is 5.32 Å². The quantitative estimate of drug-likeness (QED) is 0.881. The van der Waals surface area contributed by atoms with Crippen LogP contribution in [0.2, 0.25) is 0 Å². The zero-order valence-corrected chi connectivity index (χ0v) is 14.5. The highest BCUT2D eigenvalue weighted by molar-refractivity contribution is 9.10. The van der Waals surface area contributed by atoms with Crippen molar-refractivity contribution in [1.82, 2.24) is 15.1 Å². The summed E-state index contributed by atoms with van der Waals surface area (Å²) in [5.41, 5.74) is 4.25. The predicted molar refractivity (Wildman–Crippen MR) is 86.9 cm³/mol. The minimum atomic E-state index is -0.240. The molecule has 3 nitrogen and oxygen atoms in total. The number of nitrogens with zero attached hydrogens (tertiary/aromatic N) is 2. The molecule has 1 heterocycles. The first kappa shape index (κ1) is 16.2. The summed E-state index contributed by atoms with van der Waals surface area (Å²) in [5.74, 6) is -0.240. The van der Waals surface area contributed by atoms with Gasteiger partial charge in [0.25, 0.3) is 0 Å². The number of nitrogens with one attached hydrogen (secondary N) is 1. The number of hydrogen-bond donors (Lipinski definition) is 1. The second-order valence-corrected chi connectivity index (χ2v) is 6.35. The van der Waals surface area contributed by atoms with Crippen molar-refractivity contribution in [1.29, 1.82) is 0 Å². The van der Waals surface area contributed by atoms with Crippen LogP contribution in [-0.2, 0) is 13.1 Å². The number of aryl methyl sites for hydroxylation is 1. The van der Waals surface area contributed by atoms with E-state index in [2.05, 4.69) is 47.1 Å². The lowest BCUT2D eigenvalue weighted by Gasteiger charge is -2.10. The van der Waals surface area contributed by atoms with Crippen LogP contribution >= 0.6 is 15.9 Å². The summed E-state index contributed by atoms with van der Waals surface area (Å²) in [6.45, 7) is 9.69. The largest absolute Gasteiger partial charge is 0.310 e. The van der Waals surface area contributed by atoms with Gasteiger partial charge in [0, 0.05) is 23.8 Å². The van der Waals surface area contributed by atoms with E-state index in [9.17, 15) is 4.39 Å². The Bertz CT molecular complexity index is 635. The maximum atomic E-state index is 13.6. The molecule has 1 N–H and O–H groups in total. The van der Waals surface area contributed by atoms with Gasteiger partial charge >= 0.3 is 0 Å². The van der Waals surface area contributed by atoms with Crippen molar-refractivity contribution in [3.05, 3.63) is 51.0 Å². The first-order valence-corrected chi connectivity index (χ1v) is 7.88. The lowest BCUT2D eigenvalue weighted by molar-refractivity contribution is 0.584. The molecular formula is C16H21BrFN3. The number of halogens is 2. The normalized spacial score (nSPS) is 11.4. The summed E-state index contributed by atoms with van der Waals surface area (Å²) >= 11 is 3.31. The average Bonchev–Trinajstić information content (AvgIpc) is 2.68. The van der Waals surface area contributed by atoms with E-state index in [4.69, 9.17) is 0 Å². The van der Waals surface area contributed by atoms with E-state index >= 15 is 0 Å². The summed E-state index contributed by atoms with van der Waals surface area (Å²) < 4.78 is 16.0. The summed E-state index contributed by atoms with van der Waals surface area (Å²) in [6, 6.07) is 5.52. The standard InChI is InChI=1S/C16H21BrFN3/c1-10(2)19-8-14-11(3)20-21(12(14)4)9-13-6-5-7-15(18)16(13)17/h5-7,10,19H,8-9H2,1-4H3. The van der Waals surface area contributed by atoms with E-state index in [1.54, 1.807) is 6.07 Å². The Balaban J connectivity index is 2.25. The number of benzene rings is 1. The second kappa shape index (κ2) is 6.71. The van der Waals surface area contributed by atoms with Crippen molar-refractivity contribution in [3.8, 4) is 0 Å². The van der Waals surface area contributed by atoms with Crippen LogP contribution in [0.5, 0.6) is 0 Å². The van der Waals surface area contributed by atoms with Crippen LogP contribution in [0.15, 0.2) is 22.7 Å². The Morgan fingerprint density at radius 3 is 2.71 bits per heavy atom. The molecule has 21 heavy (non-hydrogen) atoms. The molecule has 1 aromatic heterocycles. The van der Waals surface area contributed by atoms with Crippen LogP contribution in [0, 0.1) is 19.7 Å². The van der Waals surface area contributed by atoms with Crippen molar-refractivity contribution in [2.45, 2.75) is 46.8 Å². The summed E-state index contributed by atoms with van der Waals surface area (Å²) in [6.07, 6.45) is 0. The van der Waals surface area contributed by atoms with Crippen LogP contribution in [0.3, 0.4) is 0 Å². The maximum Gasteiger partial charge on any atom is 0.137 e. The molecule has 0 aliphatic carbocycles. The highest BCUT2D eigenvalue weighted by Crippen LogP contribution is 2.22. The zero-order chi connectivity index (χ0) is 15.6. The molecule has 1 aromatic carbocycles. The molecule has 0 saturated heterocycles. The van der Waals surface area contributed by atoms with Crippen LogP contribution in [-0.4, -0.2) is 15.8 Å². The molecule has 2 aromatic rings. The molecule has 0 amide bonds. The zero-order valence-electron chi connectivity index (χ0n) is 12.9. The van der Waals surface area contributed by atoms with E-state index < -0.39 is 0 Å². The first-order valence-electron chi connectivity index (χ1n) is 7.09. The van der Waals surface area contributed by atoms with Gasteiger partial charge in [0.1, 0.15) is 5.82 Å². The van der Waals surface area contributed by atoms with Gasteiger partial charge in [0.05, 0.1) is 16.7 Å². The van der Waals surface area contributed by atoms with Gasteiger partial charge in [-0.05, 0) is 41.4 Å². The van der Waals surface area contributed by atoms with Crippen molar-refractivity contribution in [2.24, 2.45) is 0 Å². The smallest absolute Gasteiger partial charge is 0.137 e. The molecule has 0 atom stereocenters. The van der Waals surface area contributed by atoms with E-state index in [-0.39, 0.29) is 5.82 Å². The molecule has 0 radical (unpaired) electrons. The van der Waals surface area contributed by atoms with Gasteiger partial charge in [-0.3, -0.25) is 4.68 Å². The van der Waals surface area contributed by atoms with Crippen LogP contribution in [0.1, 0.15) is 36.4 Å². The Morgan fingerprint density at radius 2 is 2.05 bits per heavy atom. The molecule has 0 aliphatic heterocycles. The van der Waals surface area contributed by atoms with Crippen molar-refractivity contribution < 1.29 is 4.39 Å². The van der Waals surface area contributed by atoms with E-state index in [1.165, 1.54) is 11.6 Å². The van der Waals surface area contributed by atoms with Crippen molar-refractivity contribution in [3.63, 3.8) is 0 Å². The molecule has 0 saturated carbocycles.